The number of halogens is 6. The Labute approximate surface area is 179 Å². The lowest BCUT2D eigenvalue weighted by Gasteiger charge is -2.12. The van der Waals surface area contributed by atoms with E-state index in [2.05, 4.69) is 19.8 Å². The summed E-state index contributed by atoms with van der Waals surface area (Å²) in [7, 11) is 1.41. The third-order valence-electron chi connectivity index (χ3n) is 3.26. The van der Waals surface area contributed by atoms with Crippen molar-refractivity contribution < 1.29 is 36.2 Å². The molecule has 3 N–H and O–H groups in total. The molecule has 6 nitrogen and oxygen atoms in total. The summed E-state index contributed by atoms with van der Waals surface area (Å²) < 4.78 is 74.6. The first kappa shape index (κ1) is 24.5. The molecule has 2 aromatic rings. The van der Waals surface area contributed by atoms with Crippen LogP contribution in [0.2, 0.25) is 0 Å². The van der Waals surface area contributed by atoms with Gasteiger partial charge >= 0.3 is 13.0 Å². The van der Waals surface area contributed by atoms with Gasteiger partial charge in [-0.25, -0.2) is 4.99 Å². The van der Waals surface area contributed by atoms with E-state index >= 15 is 0 Å². The van der Waals surface area contributed by atoms with E-state index in [4.69, 9.17) is 10.5 Å². The first-order valence-corrected chi connectivity index (χ1v) is 7.71. The second-order valence-corrected chi connectivity index (χ2v) is 5.25. The van der Waals surface area contributed by atoms with Crippen LogP contribution < -0.4 is 25.3 Å². The predicted octanol–water partition coefficient (Wildman–Crippen LogP) is 4.74. The maximum Gasteiger partial charge on any atom is 0.573 e. The lowest BCUT2D eigenvalue weighted by Crippen LogP contribution is -2.22. The number of hydrogen-bond acceptors (Lipinski definition) is 4. The number of aliphatic imine (C=N–C) groups is 1. The van der Waals surface area contributed by atoms with Crippen LogP contribution in [0.1, 0.15) is 5.56 Å². The molecular weight excluding hydrogens is 516 g/mol. The zero-order valence-electron chi connectivity index (χ0n) is 14.9. The van der Waals surface area contributed by atoms with Gasteiger partial charge in [-0.1, -0.05) is 0 Å². The van der Waals surface area contributed by atoms with Gasteiger partial charge in [0.2, 0.25) is 0 Å². The number of anilines is 1. The average Bonchev–Trinajstić information content (AvgIpc) is 2.61. The fourth-order valence-corrected chi connectivity index (χ4v) is 2.11. The molecule has 0 aliphatic rings. The maximum absolute atomic E-state index is 12.5. The Bertz CT molecular complexity index is 817. The van der Waals surface area contributed by atoms with Gasteiger partial charge in [0.25, 0.3) is 0 Å². The topological polar surface area (TPSA) is 78.1 Å². The SMILES string of the molecule is COc1ccc(OC(F)F)c(CN=C(N)Nc2ccc(OC(F)(F)F)cc2)c1.I. The molecule has 160 valence electrons. The molecule has 29 heavy (non-hydrogen) atoms. The molecule has 12 heteroatoms. The van der Waals surface area contributed by atoms with Crippen molar-refractivity contribution in [3.05, 3.63) is 48.0 Å². The van der Waals surface area contributed by atoms with Crippen LogP contribution in [-0.4, -0.2) is 26.0 Å². The summed E-state index contributed by atoms with van der Waals surface area (Å²) in [5, 5.41) is 2.66. The van der Waals surface area contributed by atoms with Crippen LogP contribution in [0, 0.1) is 0 Å². The first-order valence-electron chi connectivity index (χ1n) is 7.71. The van der Waals surface area contributed by atoms with Gasteiger partial charge in [-0.2, -0.15) is 8.78 Å². The van der Waals surface area contributed by atoms with E-state index < -0.39 is 18.7 Å². The zero-order valence-corrected chi connectivity index (χ0v) is 17.2. The van der Waals surface area contributed by atoms with E-state index in [9.17, 15) is 22.0 Å². The number of methoxy groups -OCH3 is 1. The Kier molecular flexibility index (Phi) is 9.20. The second kappa shape index (κ2) is 10.9. The molecule has 2 rings (SSSR count). The molecule has 0 amide bonds. The maximum atomic E-state index is 12.5. The number of rotatable bonds is 7. The molecule has 2 aromatic carbocycles. The van der Waals surface area contributed by atoms with Crippen molar-refractivity contribution in [3.63, 3.8) is 0 Å². The van der Waals surface area contributed by atoms with Gasteiger partial charge in [0.1, 0.15) is 17.2 Å². The minimum atomic E-state index is -4.79. The van der Waals surface area contributed by atoms with Gasteiger partial charge in [-0.3, -0.25) is 0 Å². The third kappa shape index (κ3) is 8.58. The number of alkyl halides is 5. The average molecular weight is 533 g/mol. The van der Waals surface area contributed by atoms with Gasteiger partial charge < -0.3 is 25.3 Å². The lowest BCUT2D eigenvalue weighted by atomic mass is 10.2. The summed E-state index contributed by atoms with van der Waals surface area (Å²) in [6.45, 7) is -3.11. The molecule has 0 aliphatic heterocycles. The van der Waals surface area contributed by atoms with E-state index in [-0.39, 0.29) is 42.2 Å². The molecule has 0 radical (unpaired) electrons. The Hall–Kier alpha value is -2.51. The highest BCUT2D eigenvalue weighted by Crippen LogP contribution is 2.27. The van der Waals surface area contributed by atoms with E-state index in [1.54, 1.807) is 0 Å². The fraction of sp³-hybridized carbons (Fsp3) is 0.235. The van der Waals surface area contributed by atoms with Crippen LogP contribution in [0.5, 0.6) is 17.2 Å². The number of nitrogens with one attached hydrogen (secondary N) is 1. The number of benzene rings is 2. The largest absolute Gasteiger partial charge is 0.573 e. The standard InChI is InChI=1S/C17H16F5N3O3.HI/c1-26-13-6-7-14(27-15(18)19)10(8-13)9-24-16(23)25-11-2-4-12(5-3-11)28-17(20,21)22;/h2-8,15H,9H2,1H3,(H3,23,24,25);1H. The normalized spacial score (nSPS) is 11.6. The molecule has 0 unspecified atom stereocenters. The highest BCUT2D eigenvalue weighted by molar-refractivity contribution is 14.0. The van der Waals surface area contributed by atoms with Crippen molar-refractivity contribution in [2.75, 3.05) is 12.4 Å². The van der Waals surface area contributed by atoms with Gasteiger partial charge in [0.05, 0.1) is 13.7 Å². The molecule has 0 bridgehead atoms. The van der Waals surface area contributed by atoms with Crippen molar-refractivity contribution in [1.29, 1.82) is 0 Å². The Balaban J connectivity index is 0.00000420. The van der Waals surface area contributed by atoms with Crippen molar-refractivity contribution in [2.45, 2.75) is 19.5 Å². The fourth-order valence-electron chi connectivity index (χ4n) is 2.11. The van der Waals surface area contributed by atoms with E-state index in [1.807, 2.05) is 0 Å². The van der Waals surface area contributed by atoms with Gasteiger partial charge in [0, 0.05) is 11.3 Å². The van der Waals surface area contributed by atoms with Gasteiger partial charge in [0.15, 0.2) is 5.96 Å². The van der Waals surface area contributed by atoms with Gasteiger partial charge in [-0.05, 0) is 42.5 Å². The summed E-state index contributed by atoms with van der Waals surface area (Å²) in [5.41, 5.74) is 6.38. The van der Waals surface area contributed by atoms with E-state index in [1.165, 1.54) is 37.4 Å². The van der Waals surface area contributed by atoms with Crippen molar-refractivity contribution in [3.8, 4) is 17.2 Å². The van der Waals surface area contributed by atoms with Crippen LogP contribution in [0.15, 0.2) is 47.5 Å². The van der Waals surface area contributed by atoms with Crippen LogP contribution in [-0.2, 0) is 6.54 Å². The number of guanidine groups is 1. The van der Waals surface area contributed by atoms with E-state index in [0.29, 0.717) is 17.0 Å². The summed E-state index contributed by atoms with van der Waals surface area (Å²) >= 11 is 0. The molecule has 0 atom stereocenters. The lowest BCUT2D eigenvalue weighted by molar-refractivity contribution is -0.274. The minimum Gasteiger partial charge on any atom is -0.497 e. The molecule has 0 fully saturated rings. The molecule has 0 heterocycles. The minimum absolute atomic E-state index is 0. The van der Waals surface area contributed by atoms with Gasteiger partial charge in [-0.15, -0.1) is 37.1 Å². The summed E-state index contributed by atoms with van der Waals surface area (Å²) in [6, 6.07) is 9.05. The number of nitrogens with zero attached hydrogens (tertiary/aromatic N) is 1. The van der Waals surface area contributed by atoms with Crippen molar-refractivity contribution in [2.24, 2.45) is 10.7 Å². The molecule has 0 spiro atoms. The molecule has 0 aromatic heterocycles. The van der Waals surface area contributed by atoms with Crippen LogP contribution in [0.4, 0.5) is 27.6 Å². The summed E-state index contributed by atoms with van der Waals surface area (Å²) in [4.78, 5) is 4.01. The van der Waals surface area contributed by atoms with Crippen molar-refractivity contribution >= 4 is 35.6 Å². The number of hydrogen-bond donors (Lipinski definition) is 2. The number of ether oxygens (including phenoxy) is 3. The molecular formula is C17H17F5IN3O3. The Morgan fingerprint density at radius 1 is 1.10 bits per heavy atom. The Morgan fingerprint density at radius 2 is 1.72 bits per heavy atom. The second-order valence-electron chi connectivity index (χ2n) is 5.25. The molecule has 0 saturated heterocycles. The number of nitrogens with two attached hydrogens (primary N) is 1. The Morgan fingerprint density at radius 3 is 2.28 bits per heavy atom. The summed E-state index contributed by atoms with van der Waals surface area (Å²) in [5.74, 6) is -0.145. The first-order chi connectivity index (χ1) is 13.2. The van der Waals surface area contributed by atoms with E-state index in [0.717, 1.165) is 12.1 Å². The van der Waals surface area contributed by atoms with Crippen LogP contribution in [0.25, 0.3) is 0 Å². The summed E-state index contributed by atoms with van der Waals surface area (Å²) in [6.07, 6.45) is -4.79. The zero-order chi connectivity index (χ0) is 20.7. The van der Waals surface area contributed by atoms with Crippen molar-refractivity contribution in [1.82, 2.24) is 0 Å². The van der Waals surface area contributed by atoms with Crippen LogP contribution >= 0.6 is 24.0 Å². The quantitative estimate of drug-likeness (QED) is 0.233. The predicted molar refractivity (Wildman–Crippen MR) is 107 cm³/mol. The monoisotopic (exact) mass is 533 g/mol. The third-order valence-corrected chi connectivity index (χ3v) is 3.26. The molecule has 0 aliphatic carbocycles. The highest BCUT2D eigenvalue weighted by Gasteiger charge is 2.30. The molecule has 0 saturated carbocycles. The highest BCUT2D eigenvalue weighted by atomic mass is 127. The van der Waals surface area contributed by atoms with Crippen LogP contribution in [0.3, 0.4) is 0 Å². The smallest absolute Gasteiger partial charge is 0.497 e.